The number of nitrogens with zero attached hydrogens (tertiary/aromatic N) is 4. The van der Waals surface area contributed by atoms with Crippen LogP contribution in [0.4, 0.5) is 11.4 Å². The Hall–Kier alpha value is -2.37. The molecule has 0 amide bonds. The SMILES string of the molecule is CN1CCN(c2ccc(Cl)cc2)c2ccc(-c3nnco3)cc2C1. The van der Waals surface area contributed by atoms with Crippen LogP contribution in [0.25, 0.3) is 11.5 Å². The molecule has 3 aromatic rings. The molecular formula is C18H17ClN4O. The minimum atomic E-state index is 0.544. The van der Waals surface area contributed by atoms with E-state index in [1.54, 1.807) is 0 Å². The van der Waals surface area contributed by atoms with Crippen molar-refractivity contribution in [1.82, 2.24) is 15.1 Å². The standard InChI is InChI=1S/C18H17ClN4O/c1-22-8-9-23(16-5-3-15(19)4-6-16)17-7-2-13(10-14(17)11-22)18-21-20-12-24-18/h2-7,10,12H,8-9,11H2,1H3. The number of hydrogen-bond acceptors (Lipinski definition) is 5. The molecule has 1 aliphatic rings. The first kappa shape index (κ1) is 15.2. The fraction of sp³-hybridized carbons (Fsp3) is 0.222. The molecule has 1 aromatic heterocycles. The molecule has 6 heteroatoms. The van der Waals surface area contributed by atoms with Crippen molar-refractivity contribution in [2.75, 3.05) is 25.0 Å². The molecule has 0 unspecified atom stereocenters. The molecule has 122 valence electrons. The van der Waals surface area contributed by atoms with E-state index in [2.05, 4.69) is 51.3 Å². The van der Waals surface area contributed by atoms with Gasteiger partial charge in [0, 0.05) is 41.6 Å². The van der Waals surface area contributed by atoms with Crippen LogP contribution in [0, 0.1) is 0 Å². The van der Waals surface area contributed by atoms with Crippen molar-refractivity contribution in [1.29, 1.82) is 0 Å². The molecular weight excluding hydrogens is 324 g/mol. The van der Waals surface area contributed by atoms with Gasteiger partial charge in [0.1, 0.15) is 0 Å². The average Bonchev–Trinajstić information content (AvgIpc) is 3.06. The van der Waals surface area contributed by atoms with E-state index in [1.165, 1.54) is 17.6 Å². The van der Waals surface area contributed by atoms with E-state index in [1.807, 2.05) is 18.2 Å². The lowest BCUT2D eigenvalue weighted by Crippen LogP contribution is -2.26. The summed E-state index contributed by atoms with van der Waals surface area (Å²) in [5.74, 6) is 0.544. The molecule has 24 heavy (non-hydrogen) atoms. The largest absolute Gasteiger partial charge is 0.423 e. The normalized spacial score (nSPS) is 15.2. The summed E-state index contributed by atoms with van der Waals surface area (Å²) in [6.45, 7) is 2.78. The minimum absolute atomic E-state index is 0.544. The zero-order valence-corrected chi connectivity index (χ0v) is 14.1. The summed E-state index contributed by atoms with van der Waals surface area (Å²) in [5.41, 5.74) is 4.52. The molecule has 0 bridgehead atoms. The second-order valence-corrected chi connectivity index (χ2v) is 6.39. The zero-order valence-electron chi connectivity index (χ0n) is 13.3. The molecule has 0 aliphatic carbocycles. The van der Waals surface area contributed by atoms with E-state index in [0.29, 0.717) is 5.89 Å². The van der Waals surface area contributed by atoms with Gasteiger partial charge in [0.05, 0.1) is 0 Å². The number of rotatable bonds is 2. The van der Waals surface area contributed by atoms with Crippen molar-refractivity contribution in [2.24, 2.45) is 0 Å². The number of likely N-dealkylation sites (N-methyl/N-ethyl adjacent to an activating group) is 1. The maximum absolute atomic E-state index is 6.03. The molecule has 0 spiro atoms. The fourth-order valence-electron chi connectivity index (χ4n) is 3.06. The molecule has 5 nitrogen and oxygen atoms in total. The van der Waals surface area contributed by atoms with Gasteiger partial charge in [-0.15, -0.1) is 10.2 Å². The predicted molar refractivity (Wildman–Crippen MR) is 94.5 cm³/mol. The first-order valence-electron chi connectivity index (χ1n) is 7.82. The van der Waals surface area contributed by atoms with Gasteiger partial charge < -0.3 is 14.2 Å². The lowest BCUT2D eigenvalue weighted by atomic mass is 10.1. The van der Waals surface area contributed by atoms with Gasteiger partial charge in [-0.25, -0.2) is 0 Å². The highest BCUT2D eigenvalue weighted by Crippen LogP contribution is 2.34. The summed E-state index contributed by atoms with van der Waals surface area (Å²) in [4.78, 5) is 4.64. The summed E-state index contributed by atoms with van der Waals surface area (Å²) < 4.78 is 5.33. The van der Waals surface area contributed by atoms with Gasteiger partial charge in [0.15, 0.2) is 0 Å². The monoisotopic (exact) mass is 340 g/mol. The lowest BCUT2D eigenvalue weighted by Gasteiger charge is -2.25. The summed E-state index contributed by atoms with van der Waals surface area (Å²) in [7, 11) is 2.13. The van der Waals surface area contributed by atoms with Gasteiger partial charge in [-0.05, 0) is 55.1 Å². The van der Waals surface area contributed by atoms with Crippen LogP contribution in [0.15, 0.2) is 53.3 Å². The Bertz CT molecular complexity index is 833. The van der Waals surface area contributed by atoms with Gasteiger partial charge >= 0.3 is 0 Å². The minimum Gasteiger partial charge on any atom is -0.423 e. The van der Waals surface area contributed by atoms with Crippen molar-refractivity contribution in [3.05, 3.63) is 59.4 Å². The zero-order chi connectivity index (χ0) is 16.5. The van der Waals surface area contributed by atoms with E-state index in [9.17, 15) is 0 Å². The highest BCUT2D eigenvalue weighted by molar-refractivity contribution is 6.30. The van der Waals surface area contributed by atoms with Crippen LogP contribution < -0.4 is 4.90 Å². The quantitative estimate of drug-likeness (QED) is 0.706. The van der Waals surface area contributed by atoms with E-state index in [4.69, 9.17) is 16.0 Å². The van der Waals surface area contributed by atoms with Crippen LogP contribution in [0.3, 0.4) is 0 Å². The molecule has 2 heterocycles. The first-order chi connectivity index (χ1) is 11.7. The fourth-order valence-corrected chi connectivity index (χ4v) is 3.18. The third kappa shape index (κ3) is 2.88. The van der Waals surface area contributed by atoms with Crippen LogP contribution in [-0.2, 0) is 6.54 Å². The molecule has 0 N–H and O–H groups in total. The topological polar surface area (TPSA) is 45.4 Å². The third-order valence-corrected chi connectivity index (χ3v) is 4.51. The Morgan fingerprint density at radius 1 is 1.08 bits per heavy atom. The summed E-state index contributed by atoms with van der Waals surface area (Å²) in [6, 6.07) is 14.3. The van der Waals surface area contributed by atoms with Gasteiger partial charge in [-0.1, -0.05) is 11.6 Å². The average molecular weight is 341 g/mol. The Morgan fingerprint density at radius 2 is 1.92 bits per heavy atom. The summed E-state index contributed by atoms with van der Waals surface area (Å²) in [5, 5.41) is 8.52. The summed E-state index contributed by atoms with van der Waals surface area (Å²) >= 11 is 6.03. The van der Waals surface area contributed by atoms with Crippen LogP contribution >= 0.6 is 11.6 Å². The van der Waals surface area contributed by atoms with Crippen molar-refractivity contribution in [2.45, 2.75) is 6.54 Å². The third-order valence-electron chi connectivity index (χ3n) is 4.26. The molecule has 0 saturated carbocycles. The van der Waals surface area contributed by atoms with Crippen molar-refractivity contribution in [3.63, 3.8) is 0 Å². The van der Waals surface area contributed by atoms with E-state index >= 15 is 0 Å². The molecule has 0 radical (unpaired) electrons. The molecule has 4 rings (SSSR count). The van der Waals surface area contributed by atoms with Crippen molar-refractivity contribution >= 4 is 23.0 Å². The molecule has 2 aromatic carbocycles. The van der Waals surface area contributed by atoms with Gasteiger partial charge in [0.2, 0.25) is 12.3 Å². The molecule has 0 saturated heterocycles. The maximum atomic E-state index is 6.03. The predicted octanol–water partition coefficient (Wildman–Crippen LogP) is 3.97. The smallest absolute Gasteiger partial charge is 0.247 e. The number of halogens is 1. The Balaban J connectivity index is 1.78. The van der Waals surface area contributed by atoms with E-state index in [-0.39, 0.29) is 0 Å². The second-order valence-electron chi connectivity index (χ2n) is 5.95. The lowest BCUT2D eigenvalue weighted by molar-refractivity contribution is 0.343. The van der Waals surface area contributed by atoms with Crippen LogP contribution in [0.5, 0.6) is 0 Å². The number of aromatic nitrogens is 2. The second kappa shape index (κ2) is 6.26. The van der Waals surface area contributed by atoms with Crippen LogP contribution in [0.2, 0.25) is 5.02 Å². The van der Waals surface area contributed by atoms with Gasteiger partial charge in [0.25, 0.3) is 0 Å². The molecule has 0 atom stereocenters. The highest BCUT2D eigenvalue weighted by atomic mass is 35.5. The van der Waals surface area contributed by atoms with E-state index < -0.39 is 0 Å². The maximum Gasteiger partial charge on any atom is 0.247 e. The Morgan fingerprint density at radius 3 is 2.67 bits per heavy atom. The number of benzene rings is 2. The Labute approximate surface area is 145 Å². The van der Waals surface area contributed by atoms with Crippen LogP contribution in [0.1, 0.15) is 5.56 Å². The number of fused-ring (bicyclic) bond motifs is 1. The highest BCUT2D eigenvalue weighted by Gasteiger charge is 2.20. The molecule has 1 aliphatic heterocycles. The van der Waals surface area contributed by atoms with Gasteiger partial charge in [-0.3, -0.25) is 0 Å². The molecule has 0 fully saturated rings. The number of anilines is 2. The van der Waals surface area contributed by atoms with Crippen molar-refractivity contribution < 1.29 is 4.42 Å². The van der Waals surface area contributed by atoms with E-state index in [0.717, 1.165) is 35.9 Å². The Kier molecular flexibility index (Phi) is 3.96. The number of hydrogen-bond donors (Lipinski definition) is 0. The van der Waals surface area contributed by atoms with Crippen molar-refractivity contribution in [3.8, 4) is 11.5 Å². The summed E-state index contributed by atoms with van der Waals surface area (Å²) in [6.07, 6.45) is 1.35. The van der Waals surface area contributed by atoms with Crippen LogP contribution in [-0.4, -0.2) is 35.2 Å². The first-order valence-corrected chi connectivity index (χ1v) is 8.19. The van der Waals surface area contributed by atoms with Gasteiger partial charge in [-0.2, -0.15) is 0 Å².